The van der Waals surface area contributed by atoms with Crippen LogP contribution in [0.3, 0.4) is 0 Å². The predicted molar refractivity (Wildman–Crippen MR) is 257 cm³/mol. The summed E-state index contributed by atoms with van der Waals surface area (Å²) in [5, 5.41) is 5.27. The highest BCUT2D eigenvalue weighted by molar-refractivity contribution is 6.14. The molecule has 0 amide bonds. The van der Waals surface area contributed by atoms with Crippen molar-refractivity contribution in [2.45, 2.75) is 19.3 Å². The highest BCUT2D eigenvalue weighted by Gasteiger charge is 2.21. The minimum absolute atomic E-state index is 0.481. The highest BCUT2D eigenvalue weighted by Crippen LogP contribution is 2.44. The smallest absolute Gasteiger partial charge is 0.160 e. The Kier molecular flexibility index (Phi) is 9.24. The Morgan fingerprint density at radius 3 is 1.62 bits per heavy atom. The van der Waals surface area contributed by atoms with Crippen molar-refractivity contribution in [2.75, 3.05) is 0 Å². The van der Waals surface area contributed by atoms with Gasteiger partial charge in [0.25, 0.3) is 0 Å². The van der Waals surface area contributed by atoms with Gasteiger partial charge in [0.1, 0.15) is 0 Å². The summed E-state index contributed by atoms with van der Waals surface area (Å²) in [6.07, 6.45) is 5.75. The van der Waals surface area contributed by atoms with E-state index in [1.165, 1.54) is 49.4 Å². The second kappa shape index (κ2) is 15.5. The fourth-order valence-electron chi connectivity index (χ4n) is 9.36. The Morgan fingerprint density at radius 1 is 0.361 bits per heavy atom. The zero-order chi connectivity index (χ0) is 40.7. The molecule has 10 aromatic rings. The molecule has 0 saturated heterocycles. The maximum absolute atomic E-state index is 5.41. The van der Waals surface area contributed by atoms with E-state index in [9.17, 15) is 0 Å². The Morgan fingerprint density at radius 2 is 0.902 bits per heavy atom. The second-order valence-electron chi connectivity index (χ2n) is 16.1. The fourth-order valence-corrected chi connectivity index (χ4v) is 9.36. The van der Waals surface area contributed by atoms with E-state index < -0.39 is 0 Å². The summed E-state index contributed by atoms with van der Waals surface area (Å²) < 4.78 is 0. The van der Waals surface area contributed by atoms with Gasteiger partial charge in [0.15, 0.2) is 5.82 Å². The van der Waals surface area contributed by atoms with Crippen LogP contribution < -0.4 is 0 Å². The van der Waals surface area contributed by atoms with Crippen LogP contribution in [0.5, 0.6) is 0 Å². The van der Waals surface area contributed by atoms with Crippen LogP contribution in [0.2, 0.25) is 0 Å². The molecule has 0 fully saturated rings. The third-order valence-electron chi connectivity index (χ3n) is 12.3. The molecule has 1 aliphatic carbocycles. The van der Waals surface area contributed by atoms with Crippen molar-refractivity contribution in [3.63, 3.8) is 0 Å². The summed E-state index contributed by atoms with van der Waals surface area (Å²) in [4.78, 5) is 10.7. The molecular formula is C59H42N2. The summed E-state index contributed by atoms with van der Waals surface area (Å²) >= 11 is 0. The maximum atomic E-state index is 5.41. The molecule has 0 spiro atoms. The lowest BCUT2D eigenvalue weighted by Gasteiger charge is -2.23. The SMILES string of the molecule is CC1CC=Cc2c1c1ccccc1c1cc(-c3ccccc3-c3ccccc3-c3cc(-c4cccc(-c5ccccc5)c4)nc(-c4cccc(-c5ccccc5)c4)n3)ccc21. The van der Waals surface area contributed by atoms with Gasteiger partial charge in [-0.05, 0) is 114 Å². The highest BCUT2D eigenvalue weighted by atomic mass is 14.9. The summed E-state index contributed by atoms with van der Waals surface area (Å²) in [5.41, 5.74) is 16.9. The molecule has 11 rings (SSSR count). The lowest BCUT2D eigenvalue weighted by atomic mass is 9.81. The molecule has 1 atom stereocenters. The number of rotatable bonds is 7. The van der Waals surface area contributed by atoms with Crippen molar-refractivity contribution < 1.29 is 0 Å². The van der Waals surface area contributed by atoms with Crippen molar-refractivity contribution in [1.29, 1.82) is 0 Å². The van der Waals surface area contributed by atoms with Gasteiger partial charge in [0, 0.05) is 16.7 Å². The van der Waals surface area contributed by atoms with Crippen molar-refractivity contribution >= 4 is 27.6 Å². The molecule has 1 heterocycles. The van der Waals surface area contributed by atoms with Crippen LogP contribution in [0.1, 0.15) is 30.4 Å². The molecule has 0 saturated carbocycles. The molecular weight excluding hydrogens is 737 g/mol. The number of benzene rings is 9. The van der Waals surface area contributed by atoms with Crippen LogP contribution in [0.4, 0.5) is 0 Å². The molecule has 2 nitrogen and oxygen atoms in total. The minimum Gasteiger partial charge on any atom is -0.228 e. The largest absolute Gasteiger partial charge is 0.228 e. The zero-order valence-corrected chi connectivity index (χ0v) is 34.0. The Bertz CT molecular complexity index is 3190. The molecule has 2 heteroatoms. The van der Waals surface area contributed by atoms with Crippen LogP contribution in [0.25, 0.3) is 106 Å². The van der Waals surface area contributed by atoms with Gasteiger partial charge in [0.2, 0.25) is 0 Å². The monoisotopic (exact) mass is 778 g/mol. The molecule has 0 radical (unpaired) electrons. The van der Waals surface area contributed by atoms with Gasteiger partial charge in [-0.1, -0.05) is 201 Å². The molecule has 61 heavy (non-hydrogen) atoms. The van der Waals surface area contributed by atoms with E-state index in [2.05, 4.69) is 225 Å². The Hall–Kier alpha value is -7.68. The number of aromatic nitrogens is 2. The molecule has 0 bridgehead atoms. The maximum Gasteiger partial charge on any atom is 0.160 e. The first-order chi connectivity index (χ1) is 30.2. The first-order valence-electron chi connectivity index (χ1n) is 21.2. The van der Waals surface area contributed by atoms with E-state index in [0.29, 0.717) is 11.7 Å². The topological polar surface area (TPSA) is 25.8 Å². The second-order valence-corrected chi connectivity index (χ2v) is 16.1. The average Bonchev–Trinajstić information content (AvgIpc) is 3.34. The van der Waals surface area contributed by atoms with Crippen molar-refractivity contribution in [3.8, 4) is 78.4 Å². The summed E-state index contributed by atoms with van der Waals surface area (Å²) in [6.45, 7) is 2.36. The Labute approximate surface area is 357 Å². The first kappa shape index (κ1) is 36.4. The molecule has 0 N–H and O–H groups in total. The Balaban J connectivity index is 1.09. The number of fused-ring (bicyclic) bond motifs is 6. The van der Waals surface area contributed by atoms with E-state index >= 15 is 0 Å². The van der Waals surface area contributed by atoms with Crippen LogP contribution in [0.15, 0.2) is 212 Å². The fraction of sp³-hybridized carbons (Fsp3) is 0.0508. The summed E-state index contributed by atoms with van der Waals surface area (Å²) in [5.74, 6) is 1.17. The minimum atomic E-state index is 0.481. The van der Waals surface area contributed by atoms with E-state index in [4.69, 9.17) is 9.97 Å². The van der Waals surface area contributed by atoms with Gasteiger partial charge in [-0.2, -0.15) is 0 Å². The summed E-state index contributed by atoms with van der Waals surface area (Å²) in [7, 11) is 0. The van der Waals surface area contributed by atoms with E-state index in [0.717, 1.165) is 62.3 Å². The van der Waals surface area contributed by atoms with Crippen molar-refractivity contribution in [3.05, 3.63) is 223 Å². The molecule has 9 aromatic carbocycles. The summed E-state index contributed by atoms with van der Waals surface area (Å²) in [6, 6.07) is 74.0. The third kappa shape index (κ3) is 6.73. The van der Waals surface area contributed by atoms with E-state index in [1.54, 1.807) is 0 Å². The number of hydrogen-bond acceptors (Lipinski definition) is 2. The zero-order valence-electron chi connectivity index (χ0n) is 34.0. The number of hydrogen-bond donors (Lipinski definition) is 0. The molecule has 1 aliphatic rings. The average molecular weight is 779 g/mol. The van der Waals surface area contributed by atoms with E-state index in [-0.39, 0.29) is 0 Å². The van der Waals surface area contributed by atoms with Gasteiger partial charge in [-0.3, -0.25) is 0 Å². The number of nitrogens with zero attached hydrogens (tertiary/aromatic N) is 2. The molecule has 1 unspecified atom stereocenters. The van der Waals surface area contributed by atoms with Gasteiger partial charge < -0.3 is 0 Å². The molecule has 1 aromatic heterocycles. The van der Waals surface area contributed by atoms with Crippen LogP contribution in [0, 0.1) is 0 Å². The van der Waals surface area contributed by atoms with Crippen molar-refractivity contribution in [1.82, 2.24) is 9.97 Å². The van der Waals surface area contributed by atoms with Gasteiger partial charge in [0.05, 0.1) is 11.4 Å². The van der Waals surface area contributed by atoms with Gasteiger partial charge in [-0.15, -0.1) is 0 Å². The predicted octanol–water partition coefficient (Wildman–Crippen LogP) is 16.0. The third-order valence-corrected chi connectivity index (χ3v) is 12.3. The molecule has 0 aliphatic heterocycles. The number of allylic oxidation sites excluding steroid dienone is 1. The van der Waals surface area contributed by atoms with Crippen molar-refractivity contribution in [2.24, 2.45) is 0 Å². The first-order valence-corrected chi connectivity index (χ1v) is 21.2. The van der Waals surface area contributed by atoms with E-state index in [1.807, 2.05) is 0 Å². The van der Waals surface area contributed by atoms with Crippen LogP contribution in [-0.4, -0.2) is 9.97 Å². The van der Waals surface area contributed by atoms with Gasteiger partial charge >= 0.3 is 0 Å². The van der Waals surface area contributed by atoms with Gasteiger partial charge in [-0.25, -0.2) is 9.97 Å². The lowest BCUT2D eigenvalue weighted by molar-refractivity contribution is 0.781. The lowest BCUT2D eigenvalue weighted by Crippen LogP contribution is -2.02. The molecule has 288 valence electrons. The van der Waals surface area contributed by atoms with Crippen LogP contribution in [-0.2, 0) is 0 Å². The standard InChI is InChI=1S/C59H42N2/c1-39-17-14-32-54-51-34-33-44(37-55(51)50-29-11-13-31-53(50)58(39)54)47-26-8-9-27-48(47)49-28-10-12-30-52(49)57-38-56(45-24-15-22-42(35-45)40-18-4-2-5-19-40)60-59(61-57)46-25-16-23-43(36-46)41-20-6-3-7-21-41/h2-16,18-39H,17H2,1H3. The van der Waals surface area contributed by atoms with Crippen LogP contribution >= 0.6 is 0 Å². The quantitative estimate of drug-likeness (QED) is 0.151. The normalized spacial score (nSPS) is 13.4.